The molecule has 4 heteroatoms. The van der Waals surface area contributed by atoms with E-state index in [0.29, 0.717) is 5.82 Å². The summed E-state index contributed by atoms with van der Waals surface area (Å²) < 4.78 is 2.15. The molecule has 12 rings (SSSR count). The van der Waals surface area contributed by atoms with E-state index in [1.807, 2.05) is 18.2 Å². The van der Waals surface area contributed by atoms with E-state index in [1.54, 1.807) is 0 Å². The lowest BCUT2D eigenvalue weighted by molar-refractivity contribution is 0.979. The summed E-state index contributed by atoms with van der Waals surface area (Å²) in [6.45, 7) is 0. The van der Waals surface area contributed by atoms with Crippen molar-refractivity contribution in [1.82, 2.24) is 19.6 Å². The molecule has 0 amide bonds. The number of fused-ring (bicyclic) bond motifs is 3. The quantitative estimate of drug-likeness (QED) is 0.145. The van der Waals surface area contributed by atoms with Crippen molar-refractivity contribution in [3.05, 3.63) is 255 Å². The summed E-state index contributed by atoms with van der Waals surface area (Å²) in [6, 6.07) is 90.0. The highest BCUT2D eigenvalue weighted by Gasteiger charge is 2.22. The maximum absolute atomic E-state index is 5.40. The molecule has 0 fully saturated rings. The first-order valence-electron chi connectivity index (χ1n) is 22.7. The van der Waals surface area contributed by atoms with Crippen LogP contribution in [0.25, 0.3) is 117 Å². The van der Waals surface area contributed by atoms with Gasteiger partial charge in [-0.25, -0.2) is 14.5 Å². The second-order valence-electron chi connectivity index (χ2n) is 16.9. The Balaban J connectivity index is 0.986. The number of hydrogen-bond acceptors (Lipinski definition) is 3. The van der Waals surface area contributed by atoms with Crippen molar-refractivity contribution in [2.45, 2.75) is 0 Å². The molecule has 0 aliphatic carbocycles. The first-order chi connectivity index (χ1) is 33.2. The molecular weight excluding hydrogens is 813 g/mol. The zero-order chi connectivity index (χ0) is 44.5. The normalized spacial score (nSPS) is 11.3. The molecule has 0 N–H and O–H groups in total. The smallest absolute Gasteiger partial charge is 0.160 e. The number of nitrogens with zero attached hydrogens (tertiary/aromatic N) is 4. The summed E-state index contributed by atoms with van der Waals surface area (Å²) in [5.74, 6) is 0.684. The summed E-state index contributed by atoms with van der Waals surface area (Å²) in [7, 11) is 0. The van der Waals surface area contributed by atoms with Crippen molar-refractivity contribution >= 4 is 16.3 Å². The maximum atomic E-state index is 5.40. The number of hydrogen-bond donors (Lipinski definition) is 0. The lowest BCUT2D eigenvalue weighted by Crippen LogP contribution is -1.97. The van der Waals surface area contributed by atoms with Crippen LogP contribution < -0.4 is 0 Å². The highest BCUT2D eigenvalue weighted by atomic mass is 15.2. The Labute approximate surface area is 389 Å². The van der Waals surface area contributed by atoms with Gasteiger partial charge in [0.15, 0.2) is 5.82 Å². The minimum atomic E-state index is 0.684. The average molecular weight is 855 g/mol. The van der Waals surface area contributed by atoms with Crippen LogP contribution in [0.4, 0.5) is 0 Å². The second kappa shape index (κ2) is 17.2. The fraction of sp³-hybridized carbons (Fsp3) is 0. The molecule has 0 saturated heterocycles. The number of benzene rings is 9. The molecule has 0 aliphatic heterocycles. The predicted octanol–water partition coefficient (Wildman–Crippen LogP) is 16.3. The van der Waals surface area contributed by atoms with Crippen molar-refractivity contribution in [2.75, 3.05) is 0 Å². The standard InChI is InChI=1S/C63H42N4/c1-7-19-43(20-8-1)52-38-53(44-21-9-2-10-22-44)40-55(39-52)58-42-57(64-63(65-58)50-29-17-6-18-30-50)46-33-31-45(32-34-46)51-35-36-56-54(37-51)41-59(47-23-11-3-12-24-47)67-62(56)60(48-25-13-4-14-26-48)61(66-67)49-27-15-5-16-28-49/h1-42H. The molecule has 314 valence electrons. The van der Waals surface area contributed by atoms with E-state index in [0.717, 1.165) is 111 Å². The lowest BCUT2D eigenvalue weighted by atomic mass is 9.94. The molecule has 0 unspecified atom stereocenters. The van der Waals surface area contributed by atoms with Crippen molar-refractivity contribution in [2.24, 2.45) is 0 Å². The van der Waals surface area contributed by atoms with Gasteiger partial charge in [0.2, 0.25) is 0 Å². The van der Waals surface area contributed by atoms with Crippen LogP contribution in [-0.4, -0.2) is 19.6 Å². The zero-order valence-electron chi connectivity index (χ0n) is 36.5. The Kier molecular flexibility index (Phi) is 10.2. The predicted molar refractivity (Wildman–Crippen MR) is 277 cm³/mol. The van der Waals surface area contributed by atoms with Crippen LogP contribution in [0.15, 0.2) is 255 Å². The first kappa shape index (κ1) is 39.6. The highest BCUT2D eigenvalue weighted by Crippen LogP contribution is 2.42. The SMILES string of the molecule is c1ccc(-c2cc(-c3ccccc3)cc(-c3cc(-c4ccc(-c5ccc6c(c5)cc(-c5ccccc5)n5nc(-c7ccccc7)c(-c7ccccc7)c65)cc4)nc(-c4ccccc4)n3)c2)cc1. The molecule has 4 nitrogen and oxygen atoms in total. The molecule has 3 aromatic heterocycles. The van der Waals surface area contributed by atoms with E-state index in [-0.39, 0.29) is 0 Å². The van der Waals surface area contributed by atoms with Crippen LogP contribution in [0.5, 0.6) is 0 Å². The maximum Gasteiger partial charge on any atom is 0.160 e. The van der Waals surface area contributed by atoms with Gasteiger partial charge in [-0.15, -0.1) is 0 Å². The summed E-state index contributed by atoms with van der Waals surface area (Å²) >= 11 is 0. The van der Waals surface area contributed by atoms with Crippen molar-refractivity contribution < 1.29 is 0 Å². The summed E-state index contributed by atoms with van der Waals surface area (Å²) in [6.07, 6.45) is 0. The van der Waals surface area contributed by atoms with Crippen molar-refractivity contribution in [3.8, 4) is 101 Å². The first-order valence-corrected chi connectivity index (χ1v) is 22.7. The fourth-order valence-corrected chi connectivity index (χ4v) is 9.28. The number of aromatic nitrogens is 4. The molecule has 3 heterocycles. The molecule has 0 bridgehead atoms. The molecule has 0 radical (unpaired) electrons. The van der Waals surface area contributed by atoms with Gasteiger partial charge in [0, 0.05) is 38.8 Å². The third kappa shape index (κ3) is 7.67. The van der Waals surface area contributed by atoms with E-state index >= 15 is 0 Å². The molecule has 9 aromatic carbocycles. The van der Waals surface area contributed by atoms with Gasteiger partial charge in [-0.1, -0.05) is 218 Å². The third-order valence-electron chi connectivity index (χ3n) is 12.6. The zero-order valence-corrected chi connectivity index (χ0v) is 36.5. The monoisotopic (exact) mass is 854 g/mol. The van der Waals surface area contributed by atoms with E-state index in [4.69, 9.17) is 15.1 Å². The largest absolute Gasteiger partial charge is 0.231 e. The molecule has 12 aromatic rings. The van der Waals surface area contributed by atoms with Gasteiger partial charge in [-0.3, -0.25) is 0 Å². The number of rotatable bonds is 9. The van der Waals surface area contributed by atoms with Gasteiger partial charge in [-0.2, -0.15) is 5.10 Å². The molecule has 67 heavy (non-hydrogen) atoms. The van der Waals surface area contributed by atoms with Gasteiger partial charge in [0.25, 0.3) is 0 Å². The Morgan fingerprint density at radius 3 is 1.28 bits per heavy atom. The van der Waals surface area contributed by atoms with Gasteiger partial charge >= 0.3 is 0 Å². The second-order valence-corrected chi connectivity index (χ2v) is 16.9. The summed E-state index contributed by atoms with van der Waals surface area (Å²) in [5.41, 5.74) is 19.1. The van der Waals surface area contributed by atoms with Crippen molar-refractivity contribution in [3.63, 3.8) is 0 Å². The average Bonchev–Trinajstić information content (AvgIpc) is 3.83. The van der Waals surface area contributed by atoms with Crippen LogP contribution in [0.3, 0.4) is 0 Å². The Morgan fingerprint density at radius 1 is 0.284 bits per heavy atom. The molecular formula is C63H42N4. The van der Waals surface area contributed by atoms with Crippen LogP contribution in [0.1, 0.15) is 0 Å². The Bertz CT molecular complexity index is 3630. The van der Waals surface area contributed by atoms with Gasteiger partial charge in [0.05, 0.1) is 22.6 Å². The van der Waals surface area contributed by atoms with Crippen LogP contribution in [0, 0.1) is 0 Å². The highest BCUT2D eigenvalue weighted by molar-refractivity contribution is 6.09. The van der Waals surface area contributed by atoms with E-state index in [2.05, 4.69) is 241 Å². The topological polar surface area (TPSA) is 43.1 Å². The van der Waals surface area contributed by atoms with Gasteiger partial charge in [0.1, 0.15) is 5.69 Å². The molecule has 0 saturated carbocycles. The van der Waals surface area contributed by atoms with Gasteiger partial charge < -0.3 is 0 Å². The van der Waals surface area contributed by atoms with Crippen molar-refractivity contribution in [1.29, 1.82) is 0 Å². The van der Waals surface area contributed by atoms with Gasteiger partial charge in [-0.05, 0) is 80.7 Å². The Morgan fingerprint density at radius 2 is 0.716 bits per heavy atom. The third-order valence-corrected chi connectivity index (χ3v) is 12.6. The molecule has 0 atom stereocenters. The summed E-state index contributed by atoms with van der Waals surface area (Å²) in [4.78, 5) is 10.4. The van der Waals surface area contributed by atoms with E-state index in [1.165, 1.54) is 0 Å². The van der Waals surface area contributed by atoms with Crippen LogP contribution in [-0.2, 0) is 0 Å². The van der Waals surface area contributed by atoms with Crippen LogP contribution >= 0.6 is 0 Å². The molecule has 0 aliphatic rings. The van der Waals surface area contributed by atoms with E-state index < -0.39 is 0 Å². The fourth-order valence-electron chi connectivity index (χ4n) is 9.28. The van der Waals surface area contributed by atoms with Crippen LogP contribution in [0.2, 0.25) is 0 Å². The molecule has 0 spiro atoms. The summed E-state index contributed by atoms with van der Waals surface area (Å²) in [5, 5.41) is 7.68. The minimum absolute atomic E-state index is 0.684. The number of pyridine rings is 1. The lowest BCUT2D eigenvalue weighted by Gasteiger charge is -2.14. The van der Waals surface area contributed by atoms with E-state index in [9.17, 15) is 0 Å². The minimum Gasteiger partial charge on any atom is -0.231 e. The Hall–Kier alpha value is -8.99.